The maximum atomic E-state index is 13.0. The van der Waals surface area contributed by atoms with Crippen LogP contribution >= 0.6 is 12.2 Å². The molecule has 0 aromatic heterocycles. The Morgan fingerprint density at radius 2 is 2.17 bits per heavy atom. The van der Waals surface area contributed by atoms with Crippen LogP contribution < -0.4 is 15.4 Å². The molecule has 4 nitrogen and oxygen atoms in total. The molecule has 0 fully saturated rings. The molecule has 0 saturated carbocycles. The lowest BCUT2D eigenvalue weighted by Gasteiger charge is -2.17. The van der Waals surface area contributed by atoms with Crippen LogP contribution in [0.3, 0.4) is 0 Å². The van der Waals surface area contributed by atoms with Gasteiger partial charge in [0, 0.05) is 19.2 Å². The summed E-state index contributed by atoms with van der Waals surface area (Å²) < 4.78 is 23.1. The van der Waals surface area contributed by atoms with Crippen molar-refractivity contribution in [3.05, 3.63) is 24.0 Å². The number of anilines is 1. The van der Waals surface area contributed by atoms with E-state index in [1.807, 2.05) is 6.92 Å². The Bertz CT molecular complexity index is 415. The third-order valence-electron chi connectivity index (χ3n) is 2.21. The summed E-state index contributed by atoms with van der Waals surface area (Å²) in [6.45, 7) is 2.49. The van der Waals surface area contributed by atoms with Crippen LogP contribution in [0.5, 0.6) is 5.75 Å². The molecule has 0 aliphatic carbocycles. The van der Waals surface area contributed by atoms with Crippen molar-refractivity contribution >= 4 is 23.0 Å². The first kappa shape index (κ1) is 14.7. The largest absolute Gasteiger partial charge is 0.494 e. The lowest BCUT2D eigenvalue weighted by Crippen LogP contribution is -2.38. The molecular formula is C12H17FN2O2S. The van der Waals surface area contributed by atoms with Gasteiger partial charge in [0.25, 0.3) is 0 Å². The molecule has 0 aliphatic heterocycles. The lowest BCUT2D eigenvalue weighted by molar-refractivity contribution is 0.179. The van der Waals surface area contributed by atoms with E-state index in [1.165, 1.54) is 19.2 Å². The maximum Gasteiger partial charge on any atom is 0.171 e. The Labute approximate surface area is 111 Å². The first-order valence-electron chi connectivity index (χ1n) is 5.46. The van der Waals surface area contributed by atoms with E-state index in [1.54, 1.807) is 13.2 Å². The predicted octanol–water partition coefficient (Wildman–Crippen LogP) is 2.16. The summed E-state index contributed by atoms with van der Waals surface area (Å²) in [5.74, 6) is 0.0440. The zero-order chi connectivity index (χ0) is 13.5. The second-order valence-corrected chi connectivity index (χ2v) is 4.21. The fourth-order valence-electron chi connectivity index (χ4n) is 1.44. The van der Waals surface area contributed by atoms with Gasteiger partial charge >= 0.3 is 0 Å². The van der Waals surface area contributed by atoms with Crippen molar-refractivity contribution in [1.82, 2.24) is 5.32 Å². The molecule has 1 atom stereocenters. The summed E-state index contributed by atoms with van der Waals surface area (Å²) in [5, 5.41) is 6.43. The first-order valence-corrected chi connectivity index (χ1v) is 5.87. The van der Waals surface area contributed by atoms with Crippen LogP contribution in [-0.4, -0.2) is 32.0 Å². The van der Waals surface area contributed by atoms with Crippen LogP contribution in [0.4, 0.5) is 10.1 Å². The standard InChI is InChI=1S/C12H17FN2O2S/c1-8(7-16-2)14-12(18)15-10-5-4-9(13)6-11(10)17-3/h4-6,8H,7H2,1-3H3,(H2,14,15,18). The molecule has 0 saturated heterocycles. The smallest absolute Gasteiger partial charge is 0.171 e. The van der Waals surface area contributed by atoms with Gasteiger partial charge in [-0.05, 0) is 31.3 Å². The van der Waals surface area contributed by atoms with Gasteiger partial charge in [-0.3, -0.25) is 0 Å². The minimum Gasteiger partial charge on any atom is -0.494 e. The van der Waals surface area contributed by atoms with E-state index in [0.29, 0.717) is 23.2 Å². The highest BCUT2D eigenvalue weighted by molar-refractivity contribution is 7.80. The molecule has 1 aromatic rings. The third kappa shape index (κ3) is 4.46. The number of benzene rings is 1. The van der Waals surface area contributed by atoms with Gasteiger partial charge in [0.2, 0.25) is 0 Å². The highest BCUT2D eigenvalue weighted by Crippen LogP contribution is 2.24. The maximum absolute atomic E-state index is 13.0. The lowest BCUT2D eigenvalue weighted by atomic mass is 10.3. The topological polar surface area (TPSA) is 42.5 Å². The van der Waals surface area contributed by atoms with Crippen LogP contribution in [0, 0.1) is 5.82 Å². The molecule has 0 radical (unpaired) electrons. The summed E-state index contributed by atoms with van der Waals surface area (Å²) in [5.41, 5.74) is 0.612. The number of hydrogen-bond acceptors (Lipinski definition) is 3. The second-order valence-electron chi connectivity index (χ2n) is 3.80. The highest BCUT2D eigenvalue weighted by atomic mass is 32.1. The molecule has 18 heavy (non-hydrogen) atoms. The van der Waals surface area contributed by atoms with Gasteiger partial charge in [0.05, 0.1) is 19.4 Å². The van der Waals surface area contributed by atoms with Crippen LogP contribution in [-0.2, 0) is 4.74 Å². The van der Waals surface area contributed by atoms with E-state index in [0.717, 1.165) is 0 Å². The molecule has 1 unspecified atom stereocenters. The minimum atomic E-state index is -0.357. The van der Waals surface area contributed by atoms with Gasteiger partial charge in [-0.2, -0.15) is 0 Å². The highest BCUT2D eigenvalue weighted by Gasteiger charge is 2.08. The summed E-state index contributed by atoms with van der Waals surface area (Å²) in [4.78, 5) is 0. The zero-order valence-corrected chi connectivity index (χ0v) is 11.4. The number of thiocarbonyl (C=S) groups is 1. The van der Waals surface area contributed by atoms with Gasteiger partial charge < -0.3 is 20.1 Å². The van der Waals surface area contributed by atoms with Crippen molar-refractivity contribution in [3.8, 4) is 5.75 Å². The number of halogens is 1. The van der Waals surface area contributed by atoms with Crippen molar-refractivity contribution in [2.75, 3.05) is 26.1 Å². The van der Waals surface area contributed by atoms with Crippen molar-refractivity contribution in [3.63, 3.8) is 0 Å². The van der Waals surface area contributed by atoms with Gasteiger partial charge in [-0.15, -0.1) is 0 Å². The summed E-state index contributed by atoms with van der Waals surface area (Å²) >= 11 is 5.14. The van der Waals surface area contributed by atoms with E-state index < -0.39 is 0 Å². The minimum absolute atomic E-state index is 0.0847. The van der Waals surface area contributed by atoms with Gasteiger partial charge in [-0.25, -0.2) is 4.39 Å². The van der Waals surface area contributed by atoms with E-state index in [-0.39, 0.29) is 11.9 Å². The number of hydrogen-bond donors (Lipinski definition) is 2. The molecule has 1 rings (SSSR count). The number of rotatable bonds is 5. The molecular weight excluding hydrogens is 255 g/mol. The van der Waals surface area contributed by atoms with Crippen LogP contribution in [0.15, 0.2) is 18.2 Å². The van der Waals surface area contributed by atoms with Crippen molar-refractivity contribution in [1.29, 1.82) is 0 Å². The van der Waals surface area contributed by atoms with E-state index in [2.05, 4.69) is 10.6 Å². The summed E-state index contributed by atoms with van der Waals surface area (Å²) in [6, 6.07) is 4.29. The SMILES string of the molecule is COCC(C)NC(=S)Nc1ccc(F)cc1OC. The van der Waals surface area contributed by atoms with Gasteiger partial charge in [0.15, 0.2) is 5.11 Å². The van der Waals surface area contributed by atoms with E-state index in [9.17, 15) is 4.39 Å². The average Bonchev–Trinajstić information content (AvgIpc) is 2.31. The molecule has 0 aliphatic rings. The van der Waals surface area contributed by atoms with E-state index >= 15 is 0 Å². The molecule has 100 valence electrons. The molecule has 0 amide bonds. The molecule has 0 heterocycles. The van der Waals surface area contributed by atoms with Gasteiger partial charge in [-0.1, -0.05) is 0 Å². The Morgan fingerprint density at radius 1 is 1.44 bits per heavy atom. The molecule has 6 heteroatoms. The average molecular weight is 272 g/mol. The Balaban J connectivity index is 2.64. The van der Waals surface area contributed by atoms with Crippen molar-refractivity contribution in [2.24, 2.45) is 0 Å². The number of methoxy groups -OCH3 is 2. The van der Waals surface area contributed by atoms with E-state index in [4.69, 9.17) is 21.7 Å². The van der Waals surface area contributed by atoms with Crippen LogP contribution in [0.2, 0.25) is 0 Å². The second kappa shape index (κ2) is 7.13. The molecule has 0 bridgehead atoms. The molecule has 2 N–H and O–H groups in total. The molecule has 1 aromatic carbocycles. The Morgan fingerprint density at radius 3 is 2.78 bits per heavy atom. The summed E-state index contributed by atoms with van der Waals surface area (Å²) in [7, 11) is 3.10. The Kier molecular flexibility index (Phi) is 5.80. The quantitative estimate of drug-likeness (QED) is 0.804. The molecule has 0 spiro atoms. The monoisotopic (exact) mass is 272 g/mol. The van der Waals surface area contributed by atoms with Crippen LogP contribution in [0.1, 0.15) is 6.92 Å². The summed E-state index contributed by atoms with van der Waals surface area (Å²) in [6.07, 6.45) is 0. The first-order chi connectivity index (χ1) is 8.56. The van der Waals surface area contributed by atoms with Crippen molar-refractivity contribution in [2.45, 2.75) is 13.0 Å². The Hall–Kier alpha value is -1.40. The predicted molar refractivity (Wildman–Crippen MR) is 73.6 cm³/mol. The normalized spacial score (nSPS) is 11.8. The third-order valence-corrected chi connectivity index (χ3v) is 2.43. The van der Waals surface area contributed by atoms with Crippen molar-refractivity contribution < 1.29 is 13.9 Å². The fourth-order valence-corrected chi connectivity index (χ4v) is 1.75. The zero-order valence-electron chi connectivity index (χ0n) is 10.6. The number of ether oxygens (including phenoxy) is 2. The fraction of sp³-hybridized carbons (Fsp3) is 0.417. The van der Waals surface area contributed by atoms with Crippen LogP contribution in [0.25, 0.3) is 0 Å². The van der Waals surface area contributed by atoms with Gasteiger partial charge in [0.1, 0.15) is 11.6 Å². The number of nitrogens with one attached hydrogen (secondary N) is 2.